The van der Waals surface area contributed by atoms with Gasteiger partial charge in [-0.25, -0.2) is 0 Å². The SMILES string of the molecule is CCC(=O)N1CCN(C(=O)CC(C)C)CC1. The minimum Gasteiger partial charge on any atom is -0.339 e. The maximum atomic E-state index is 11.8. The van der Waals surface area contributed by atoms with E-state index in [4.69, 9.17) is 0 Å². The van der Waals surface area contributed by atoms with Crippen molar-refractivity contribution in [2.75, 3.05) is 26.2 Å². The maximum absolute atomic E-state index is 11.8. The fraction of sp³-hybridized carbons (Fsp3) is 0.833. The van der Waals surface area contributed by atoms with Gasteiger partial charge >= 0.3 is 0 Å². The van der Waals surface area contributed by atoms with Crippen molar-refractivity contribution in [3.63, 3.8) is 0 Å². The van der Waals surface area contributed by atoms with Gasteiger partial charge in [0.25, 0.3) is 0 Å². The molecule has 92 valence electrons. The minimum atomic E-state index is 0.191. The van der Waals surface area contributed by atoms with Crippen LogP contribution < -0.4 is 0 Å². The molecule has 0 aromatic rings. The van der Waals surface area contributed by atoms with Crippen LogP contribution in [0.25, 0.3) is 0 Å². The quantitative estimate of drug-likeness (QED) is 0.723. The summed E-state index contributed by atoms with van der Waals surface area (Å²) in [5.74, 6) is 0.817. The summed E-state index contributed by atoms with van der Waals surface area (Å²) >= 11 is 0. The fourth-order valence-corrected chi connectivity index (χ4v) is 1.91. The zero-order valence-electron chi connectivity index (χ0n) is 10.5. The van der Waals surface area contributed by atoms with E-state index in [0.29, 0.717) is 44.9 Å². The third kappa shape index (κ3) is 3.51. The molecule has 4 heteroatoms. The van der Waals surface area contributed by atoms with Crippen LogP contribution in [0.3, 0.4) is 0 Å². The second-order valence-electron chi connectivity index (χ2n) is 4.71. The summed E-state index contributed by atoms with van der Waals surface area (Å²) in [5, 5.41) is 0. The van der Waals surface area contributed by atoms with E-state index in [1.54, 1.807) is 0 Å². The molecule has 0 aromatic carbocycles. The van der Waals surface area contributed by atoms with Gasteiger partial charge in [0, 0.05) is 39.0 Å². The topological polar surface area (TPSA) is 40.6 Å². The molecule has 0 aromatic heterocycles. The minimum absolute atomic E-state index is 0.191. The molecule has 0 aliphatic carbocycles. The Bertz CT molecular complexity index is 256. The van der Waals surface area contributed by atoms with Crippen LogP contribution in [-0.4, -0.2) is 47.8 Å². The summed E-state index contributed by atoms with van der Waals surface area (Å²) in [6.45, 7) is 8.74. The third-order valence-corrected chi connectivity index (χ3v) is 2.87. The highest BCUT2D eigenvalue weighted by Crippen LogP contribution is 2.08. The van der Waals surface area contributed by atoms with Gasteiger partial charge in [-0.3, -0.25) is 9.59 Å². The largest absolute Gasteiger partial charge is 0.339 e. The van der Waals surface area contributed by atoms with Crippen LogP contribution in [-0.2, 0) is 9.59 Å². The van der Waals surface area contributed by atoms with Crippen molar-refractivity contribution in [3.8, 4) is 0 Å². The van der Waals surface area contributed by atoms with Crippen molar-refractivity contribution in [2.24, 2.45) is 5.92 Å². The molecule has 0 spiro atoms. The highest BCUT2D eigenvalue weighted by molar-refractivity contribution is 5.78. The molecule has 0 saturated carbocycles. The molecule has 2 amide bonds. The van der Waals surface area contributed by atoms with Crippen LogP contribution in [0.2, 0.25) is 0 Å². The zero-order chi connectivity index (χ0) is 12.1. The summed E-state index contributed by atoms with van der Waals surface area (Å²) < 4.78 is 0. The van der Waals surface area contributed by atoms with Crippen molar-refractivity contribution in [1.82, 2.24) is 9.80 Å². The second-order valence-corrected chi connectivity index (χ2v) is 4.71. The van der Waals surface area contributed by atoms with Crippen LogP contribution in [0.4, 0.5) is 0 Å². The lowest BCUT2D eigenvalue weighted by Gasteiger charge is -2.35. The van der Waals surface area contributed by atoms with Crippen LogP contribution >= 0.6 is 0 Å². The number of carbonyl (C=O) groups excluding carboxylic acids is 2. The van der Waals surface area contributed by atoms with E-state index < -0.39 is 0 Å². The van der Waals surface area contributed by atoms with E-state index in [2.05, 4.69) is 13.8 Å². The average molecular weight is 226 g/mol. The Morgan fingerprint density at radius 1 is 1.00 bits per heavy atom. The van der Waals surface area contributed by atoms with Crippen molar-refractivity contribution in [1.29, 1.82) is 0 Å². The summed E-state index contributed by atoms with van der Waals surface area (Å²) in [7, 11) is 0. The molecule has 0 N–H and O–H groups in total. The van der Waals surface area contributed by atoms with E-state index in [-0.39, 0.29) is 11.8 Å². The molecule has 1 heterocycles. The predicted octanol–water partition coefficient (Wildman–Crippen LogP) is 1.11. The number of hydrogen-bond acceptors (Lipinski definition) is 2. The zero-order valence-corrected chi connectivity index (χ0v) is 10.5. The molecule has 1 saturated heterocycles. The lowest BCUT2D eigenvalue weighted by atomic mass is 10.1. The Balaban J connectivity index is 2.37. The van der Waals surface area contributed by atoms with Crippen molar-refractivity contribution in [2.45, 2.75) is 33.6 Å². The van der Waals surface area contributed by atoms with Gasteiger partial charge in [0.2, 0.25) is 11.8 Å². The highest BCUT2D eigenvalue weighted by Gasteiger charge is 2.23. The molecule has 4 nitrogen and oxygen atoms in total. The summed E-state index contributed by atoms with van der Waals surface area (Å²) in [4.78, 5) is 26.9. The van der Waals surface area contributed by atoms with Gasteiger partial charge in [-0.1, -0.05) is 20.8 Å². The Kier molecular flexibility index (Phi) is 4.77. The molecule has 0 atom stereocenters. The number of rotatable bonds is 3. The molecule has 1 fully saturated rings. The first-order valence-electron chi connectivity index (χ1n) is 6.10. The monoisotopic (exact) mass is 226 g/mol. The lowest BCUT2D eigenvalue weighted by Crippen LogP contribution is -2.50. The molecule has 0 bridgehead atoms. The Morgan fingerprint density at radius 3 is 1.81 bits per heavy atom. The predicted molar refractivity (Wildman–Crippen MR) is 62.9 cm³/mol. The van der Waals surface area contributed by atoms with E-state index in [1.165, 1.54) is 0 Å². The van der Waals surface area contributed by atoms with Gasteiger partial charge < -0.3 is 9.80 Å². The van der Waals surface area contributed by atoms with Gasteiger partial charge in [0.1, 0.15) is 0 Å². The average Bonchev–Trinajstić information content (AvgIpc) is 2.27. The maximum Gasteiger partial charge on any atom is 0.222 e. The normalized spacial score (nSPS) is 16.8. The molecule has 1 aliphatic rings. The van der Waals surface area contributed by atoms with Crippen LogP contribution in [0.5, 0.6) is 0 Å². The molecule has 16 heavy (non-hydrogen) atoms. The third-order valence-electron chi connectivity index (χ3n) is 2.87. The van der Waals surface area contributed by atoms with Gasteiger partial charge in [-0.2, -0.15) is 0 Å². The molecule has 1 aliphatic heterocycles. The number of amides is 2. The second kappa shape index (κ2) is 5.87. The highest BCUT2D eigenvalue weighted by atomic mass is 16.2. The molecule has 0 unspecified atom stereocenters. The smallest absolute Gasteiger partial charge is 0.222 e. The fourth-order valence-electron chi connectivity index (χ4n) is 1.91. The van der Waals surface area contributed by atoms with Crippen molar-refractivity contribution in [3.05, 3.63) is 0 Å². The molecular weight excluding hydrogens is 204 g/mol. The standard InChI is InChI=1S/C12H22N2O2/c1-4-11(15)13-5-7-14(8-6-13)12(16)9-10(2)3/h10H,4-9H2,1-3H3. The molecule has 1 rings (SSSR count). The Hall–Kier alpha value is -1.06. The van der Waals surface area contributed by atoms with Crippen LogP contribution in [0.15, 0.2) is 0 Å². The van der Waals surface area contributed by atoms with Crippen molar-refractivity contribution < 1.29 is 9.59 Å². The van der Waals surface area contributed by atoms with Crippen LogP contribution in [0, 0.1) is 5.92 Å². The number of hydrogen-bond donors (Lipinski definition) is 0. The first-order valence-corrected chi connectivity index (χ1v) is 6.10. The number of piperazine rings is 1. The first-order chi connectivity index (χ1) is 7.54. The van der Waals surface area contributed by atoms with E-state index in [0.717, 1.165) is 0 Å². The lowest BCUT2D eigenvalue weighted by molar-refractivity contribution is -0.139. The van der Waals surface area contributed by atoms with Gasteiger partial charge in [-0.05, 0) is 5.92 Å². The first kappa shape index (κ1) is 13.0. The summed E-state index contributed by atoms with van der Waals surface area (Å²) in [6, 6.07) is 0. The van der Waals surface area contributed by atoms with Crippen LogP contribution in [0.1, 0.15) is 33.6 Å². The van der Waals surface area contributed by atoms with E-state index in [9.17, 15) is 9.59 Å². The van der Waals surface area contributed by atoms with Gasteiger partial charge in [-0.15, -0.1) is 0 Å². The summed E-state index contributed by atoms with van der Waals surface area (Å²) in [5.41, 5.74) is 0. The Labute approximate surface area is 97.6 Å². The summed E-state index contributed by atoms with van der Waals surface area (Å²) in [6.07, 6.45) is 1.17. The van der Waals surface area contributed by atoms with E-state index >= 15 is 0 Å². The van der Waals surface area contributed by atoms with Gasteiger partial charge in [0.15, 0.2) is 0 Å². The Morgan fingerprint density at radius 2 is 1.44 bits per heavy atom. The molecular formula is C12H22N2O2. The number of carbonyl (C=O) groups is 2. The molecule has 0 radical (unpaired) electrons. The number of nitrogens with zero attached hydrogens (tertiary/aromatic N) is 2. The van der Waals surface area contributed by atoms with Crippen molar-refractivity contribution >= 4 is 11.8 Å². The van der Waals surface area contributed by atoms with Gasteiger partial charge in [0.05, 0.1) is 0 Å². The van der Waals surface area contributed by atoms with E-state index in [1.807, 2.05) is 16.7 Å².